The summed E-state index contributed by atoms with van der Waals surface area (Å²) in [6.45, 7) is 2.56. The fourth-order valence-electron chi connectivity index (χ4n) is 3.42. The molecule has 2 fully saturated rings. The highest BCUT2D eigenvalue weighted by molar-refractivity contribution is 5.94. The largest absolute Gasteiger partial charge is 0.481 e. The maximum absolute atomic E-state index is 12.3. The second-order valence-corrected chi connectivity index (χ2v) is 6.50. The van der Waals surface area contributed by atoms with Gasteiger partial charge in [0.2, 0.25) is 0 Å². The van der Waals surface area contributed by atoms with Crippen LogP contribution in [0.3, 0.4) is 0 Å². The predicted molar refractivity (Wildman–Crippen MR) is 80.7 cm³/mol. The molecule has 1 aromatic carbocycles. The lowest BCUT2D eigenvalue weighted by molar-refractivity contribution is -0.181. The van der Waals surface area contributed by atoms with E-state index in [-0.39, 0.29) is 23.5 Å². The number of benzene rings is 1. The number of aliphatic carboxylic acids is 1. The molecule has 5 heteroatoms. The number of hydrogen-bond acceptors (Lipinski definition) is 3. The Bertz CT molecular complexity index is 575. The average molecular weight is 303 g/mol. The number of carboxylic acid groups (broad SMARTS) is 1. The zero-order valence-electron chi connectivity index (χ0n) is 12.7. The van der Waals surface area contributed by atoms with Crippen molar-refractivity contribution in [2.45, 2.75) is 44.2 Å². The van der Waals surface area contributed by atoms with Gasteiger partial charge in [0.1, 0.15) is 0 Å². The SMILES string of the molecule is Cc1ccc(C(=O)NC2CCOC3(C2)CC(C(=O)O)C3)cc1. The van der Waals surface area contributed by atoms with E-state index in [1.165, 1.54) is 0 Å². The topological polar surface area (TPSA) is 75.6 Å². The van der Waals surface area contributed by atoms with Crippen molar-refractivity contribution in [3.63, 3.8) is 0 Å². The molecule has 118 valence electrons. The molecule has 1 amide bonds. The van der Waals surface area contributed by atoms with Gasteiger partial charge in [-0.3, -0.25) is 9.59 Å². The van der Waals surface area contributed by atoms with Crippen molar-refractivity contribution in [2.24, 2.45) is 5.92 Å². The average Bonchev–Trinajstić information content (AvgIpc) is 2.45. The minimum atomic E-state index is -0.750. The van der Waals surface area contributed by atoms with Crippen LogP contribution in [0.25, 0.3) is 0 Å². The van der Waals surface area contributed by atoms with Crippen molar-refractivity contribution in [2.75, 3.05) is 6.61 Å². The quantitative estimate of drug-likeness (QED) is 0.897. The van der Waals surface area contributed by atoms with E-state index in [1.54, 1.807) is 0 Å². The van der Waals surface area contributed by atoms with Crippen molar-refractivity contribution < 1.29 is 19.4 Å². The minimum absolute atomic E-state index is 0.0531. The molecule has 0 aromatic heterocycles. The maximum atomic E-state index is 12.3. The molecule has 2 aliphatic rings. The Kier molecular flexibility index (Phi) is 3.91. The molecule has 1 saturated heterocycles. The molecule has 22 heavy (non-hydrogen) atoms. The zero-order chi connectivity index (χ0) is 15.7. The number of aryl methyl sites for hydroxylation is 1. The number of carbonyl (C=O) groups excluding carboxylic acids is 1. The Labute approximate surface area is 129 Å². The van der Waals surface area contributed by atoms with Gasteiger partial charge in [0.05, 0.1) is 11.5 Å². The van der Waals surface area contributed by atoms with Crippen LogP contribution < -0.4 is 5.32 Å². The van der Waals surface area contributed by atoms with Crippen molar-refractivity contribution in [1.82, 2.24) is 5.32 Å². The fraction of sp³-hybridized carbons (Fsp3) is 0.529. The highest BCUT2D eigenvalue weighted by Gasteiger charge is 2.51. The summed E-state index contributed by atoms with van der Waals surface area (Å²) in [5, 5.41) is 12.1. The molecule has 5 nitrogen and oxygen atoms in total. The Hall–Kier alpha value is -1.88. The number of amides is 1. The third kappa shape index (κ3) is 2.99. The standard InChI is InChI=1S/C17H21NO4/c1-11-2-4-12(5-3-11)15(19)18-14-6-7-22-17(10-14)8-13(9-17)16(20)21/h2-5,13-14H,6-10H2,1H3,(H,18,19)(H,20,21). The monoisotopic (exact) mass is 303 g/mol. The first-order valence-electron chi connectivity index (χ1n) is 7.72. The first-order chi connectivity index (χ1) is 10.5. The van der Waals surface area contributed by atoms with E-state index in [4.69, 9.17) is 9.84 Å². The predicted octanol–water partition coefficient (Wildman–Crippen LogP) is 2.14. The van der Waals surface area contributed by atoms with Crippen LogP contribution in [0, 0.1) is 12.8 Å². The van der Waals surface area contributed by atoms with E-state index >= 15 is 0 Å². The van der Waals surface area contributed by atoms with Crippen LogP contribution in [0.4, 0.5) is 0 Å². The number of carboxylic acids is 1. The minimum Gasteiger partial charge on any atom is -0.481 e. The summed E-state index contributed by atoms with van der Waals surface area (Å²) < 4.78 is 5.80. The van der Waals surface area contributed by atoms with Crippen molar-refractivity contribution in [3.8, 4) is 0 Å². The number of ether oxygens (including phenoxy) is 1. The molecule has 1 saturated carbocycles. The van der Waals surface area contributed by atoms with Crippen molar-refractivity contribution in [1.29, 1.82) is 0 Å². The van der Waals surface area contributed by atoms with Crippen LogP contribution in [0.2, 0.25) is 0 Å². The molecule has 1 unspecified atom stereocenters. The Morgan fingerprint density at radius 2 is 1.91 bits per heavy atom. The smallest absolute Gasteiger partial charge is 0.306 e. The summed E-state index contributed by atoms with van der Waals surface area (Å²) >= 11 is 0. The van der Waals surface area contributed by atoms with E-state index in [0.717, 1.165) is 12.0 Å². The maximum Gasteiger partial charge on any atom is 0.306 e. The molecule has 1 aliphatic carbocycles. The molecule has 1 aromatic rings. The molecule has 1 aliphatic heterocycles. The molecule has 1 spiro atoms. The van der Waals surface area contributed by atoms with E-state index in [0.29, 0.717) is 31.4 Å². The first kappa shape index (κ1) is 15.0. The summed E-state index contributed by atoms with van der Waals surface area (Å²) in [7, 11) is 0. The number of carbonyl (C=O) groups is 2. The summed E-state index contributed by atoms with van der Waals surface area (Å²) in [5.74, 6) is -1.12. The van der Waals surface area contributed by atoms with Gasteiger partial charge >= 0.3 is 5.97 Å². The van der Waals surface area contributed by atoms with Crippen molar-refractivity contribution >= 4 is 11.9 Å². The van der Waals surface area contributed by atoms with Gasteiger partial charge in [0, 0.05) is 18.2 Å². The van der Waals surface area contributed by atoms with Gasteiger partial charge in [-0.2, -0.15) is 0 Å². The van der Waals surface area contributed by atoms with E-state index < -0.39 is 5.97 Å². The van der Waals surface area contributed by atoms with Crippen LogP contribution in [-0.4, -0.2) is 35.2 Å². The molecule has 0 radical (unpaired) electrons. The Balaban J connectivity index is 1.58. The molecule has 1 atom stereocenters. The third-order valence-corrected chi connectivity index (χ3v) is 4.73. The van der Waals surface area contributed by atoms with Gasteiger partial charge in [0.25, 0.3) is 5.91 Å². The van der Waals surface area contributed by atoms with Crippen LogP contribution in [0.1, 0.15) is 41.6 Å². The second-order valence-electron chi connectivity index (χ2n) is 6.50. The zero-order valence-corrected chi connectivity index (χ0v) is 12.7. The Morgan fingerprint density at radius 3 is 2.55 bits per heavy atom. The number of rotatable bonds is 3. The molecule has 1 heterocycles. The van der Waals surface area contributed by atoms with Gasteiger partial charge in [-0.25, -0.2) is 0 Å². The van der Waals surface area contributed by atoms with Gasteiger partial charge in [0.15, 0.2) is 0 Å². The molecule has 2 N–H and O–H groups in total. The number of hydrogen-bond donors (Lipinski definition) is 2. The van der Waals surface area contributed by atoms with Gasteiger partial charge in [-0.1, -0.05) is 17.7 Å². The lowest BCUT2D eigenvalue weighted by Gasteiger charge is -2.50. The van der Waals surface area contributed by atoms with Gasteiger partial charge < -0.3 is 15.2 Å². The summed E-state index contributed by atoms with van der Waals surface area (Å²) in [4.78, 5) is 23.2. The Morgan fingerprint density at radius 1 is 1.23 bits per heavy atom. The van der Waals surface area contributed by atoms with Gasteiger partial charge in [-0.15, -0.1) is 0 Å². The van der Waals surface area contributed by atoms with Crippen LogP contribution in [-0.2, 0) is 9.53 Å². The van der Waals surface area contributed by atoms with E-state index in [2.05, 4.69) is 5.32 Å². The second kappa shape index (κ2) is 5.72. The van der Waals surface area contributed by atoms with Crippen molar-refractivity contribution in [3.05, 3.63) is 35.4 Å². The van der Waals surface area contributed by atoms with Gasteiger partial charge in [-0.05, 0) is 44.7 Å². The molecular formula is C17H21NO4. The highest BCUT2D eigenvalue weighted by atomic mass is 16.5. The number of nitrogens with one attached hydrogen (secondary N) is 1. The van der Waals surface area contributed by atoms with Crippen LogP contribution in [0.5, 0.6) is 0 Å². The first-order valence-corrected chi connectivity index (χ1v) is 7.72. The summed E-state index contributed by atoms with van der Waals surface area (Å²) in [6, 6.07) is 7.54. The van der Waals surface area contributed by atoms with E-state index in [9.17, 15) is 9.59 Å². The third-order valence-electron chi connectivity index (χ3n) is 4.73. The van der Waals surface area contributed by atoms with Crippen LogP contribution in [0.15, 0.2) is 24.3 Å². The van der Waals surface area contributed by atoms with Crippen LogP contribution >= 0.6 is 0 Å². The molecule has 3 rings (SSSR count). The lowest BCUT2D eigenvalue weighted by Crippen LogP contribution is -2.56. The normalized spacial score (nSPS) is 30.6. The fourth-order valence-corrected chi connectivity index (χ4v) is 3.42. The summed E-state index contributed by atoms with van der Waals surface area (Å²) in [5.41, 5.74) is 1.44. The molecule has 0 bridgehead atoms. The molecular weight excluding hydrogens is 282 g/mol. The summed E-state index contributed by atoms with van der Waals surface area (Å²) in [6.07, 6.45) is 2.59. The van der Waals surface area contributed by atoms with E-state index in [1.807, 2.05) is 31.2 Å². The lowest BCUT2D eigenvalue weighted by atomic mass is 9.66. The highest BCUT2D eigenvalue weighted by Crippen LogP contribution is 2.46.